The van der Waals surface area contributed by atoms with Crippen LogP contribution in [0, 0.1) is 0 Å². The fourth-order valence-electron chi connectivity index (χ4n) is 3.56. The van der Waals surface area contributed by atoms with Gasteiger partial charge < -0.3 is 35.5 Å². The molecule has 0 saturated heterocycles. The Morgan fingerprint density at radius 3 is 1.23 bits per heavy atom. The normalized spacial score (nSPS) is 11.8. The van der Waals surface area contributed by atoms with Gasteiger partial charge in [0.2, 0.25) is 17.2 Å². The van der Waals surface area contributed by atoms with Crippen molar-refractivity contribution in [3.63, 3.8) is 0 Å². The van der Waals surface area contributed by atoms with Crippen LogP contribution in [-0.2, 0) is 0 Å². The van der Waals surface area contributed by atoms with Gasteiger partial charge in [-0.3, -0.25) is 0 Å². The molecule has 0 saturated carbocycles. The van der Waals surface area contributed by atoms with E-state index in [0.29, 0.717) is 6.07 Å². The number of rotatable bonds is 0. The summed E-state index contributed by atoms with van der Waals surface area (Å²) < 4.78 is 0. The second kappa shape index (κ2) is 8.64. The number of H-pyrrole nitrogens is 2. The van der Waals surface area contributed by atoms with Gasteiger partial charge in [-0.15, -0.1) is 0 Å². The molecule has 2 aliphatic heterocycles. The third-order valence-corrected chi connectivity index (χ3v) is 5.25. The molecule has 0 spiro atoms. The summed E-state index contributed by atoms with van der Waals surface area (Å²) in [5.41, 5.74) is 7.86. The molecule has 9 nitrogen and oxygen atoms in total. The predicted molar refractivity (Wildman–Crippen MR) is 134 cm³/mol. The second-order valence-electron chi connectivity index (χ2n) is 7.87. The minimum absolute atomic E-state index is 0.696. The van der Waals surface area contributed by atoms with Crippen LogP contribution in [0.1, 0.15) is 22.8 Å². The Morgan fingerprint density at radius 1 is 0.429 bits per heavy atom. The fraction of sp³-hybridized carbons (Fsp3) is 0. The van der Waals surface area contributed by atoms with E-state index in [4.69, 9.17) is 25.5 Å². The first-order chi connectivity index (χ1) is 16.8. The van der Waals surface area contributed by atoms with Gasteiger partial charge in [0.05, 0.1) is 22.8 Å². The smallest absolute Gasteiger partial charge is 0.208 e. The SMILES string of the molecule is C1=Cc2cc3ccc(cc4ccc(cc5nc(cc1n2)C=C5)[nH]4)[nH]3.Oc1cc(O)c(O)c(O)c1O. The molecule has 0 amide bonds. The van der Waals surface area contributed by atoms with Crippen LogP contribution in [0.2, 0.25) is 0 Å². The Labute approximate surface area is 198 Å². The van der Waals surface area contributed by atoms with Gasteiger partial charge in [0, 0.05) is 28.1 Å². The zero-order chi connectivity index (χ0) is 24.5. The van der Waals surface area contributed by atoms with Gasteiger partial charge in [-0.1, -0.05) is 0 Å². The Kier molecular flexibility index (Phi) is 5.34. The molecule has 0 fully saturated rings. The van der Waals surface area contributed by atoms with Crippen molar-refractivity contribution in [3.8, 4) is 28.7 Å². The maximum absolute atomic E-state index is 8.75. The first-order valence-corrected chi connectivity index (χ1v) is 10.5. The van der Waals surface area contributed by atoms with Crippen LogP contribution >= 0.6 is 0 Å². The van der Waals surface area contributed by atoms with Crippen LogP contribution in [0.3, 0.4) is 0 Å². The highest BCUT2D eigenvalue weighted by atomic mass is 16.4. The average molecular weight is 468 g/mol. The van der Waals surface area contributed by atoms with E-state index in [1.165, 1.54) is 0 Å². The minimum Gasteiger partial charge on any atom is -0.504 e. The summed E-state index contributed by atoms with van der Waals surface area (Å²) in [5.74, 6) is -4.06. The number of phenolic OH excluding ortho intramolecular Hbond substituents is 5. The highest BCUT2D eigenvalue weighted by Gasteiger charge is 2.14. The number of hydrogen-bond acceptors (Lipinski definition) is 7. The van der Waals surface area contributed by atoms with Crippen LogP contribution in [0.15, 0.2) is 54.6 Å². The largest absolute Gasteiger partial charge is 0.504 e. The molecule has 8 bridgehead atoms. The zero-order valence-electron chi connectivity index (χ0n) is 18.1. The van der Waals surface area contributed by atoms with E-state index in [1.54, 1.807) is 0 Å². The monoisotopic (exact) mass is 468 g/mol. The number of phenols is 5. The third kappa shape index (κ3) is 4.64. The molecule has 0 atom stereocenters. The number of benzene rings is 1. The standard InChI is InChI=1S/C20H14N4.C6H6O5/c1-2-14-10-16-5-6-18(23-16)12-20-8-7-19(24-20)11-17-4-3-15(22-17)9-13(1)21-14;7-2-1-3(8)5(10)6(11)4(2)9/h1-12,21-22H;1,7-11H. The lowest BCUT2D eigenvalue weighted by molar-refractivity contribution is 0.328. The summed E-state index contributed by atoms with van der Waals surface area (Å²) in [6.07, 6.45) is 8.05. The highest BCUT2D eigenvalue weighted by Crippen LogP contribution is 2.46. The van der Waals surface area contributed by atoms with Gasteiger partial charge in [-0.05, 0) is 72.8 Å². The summed E-state index contributed by atoms with van der Waals surface area (Å²) >= 11 is 0. The van der Waals surface area contributed by atoms with E-state index in [9.17, 15) is 0 Å². The van der Waals surface area contributed by atoms with E-state index >= 15 is 0 Å². The van der Waals surface area contributed by atoms with Crippen LogP contribution in [0.5, 0.6) is 28.7 Å². The van der Waals surface area contributed by atoms with Crippen LogP contribution in [0.25, 0.3) is 46.4 Å². The van der Waals surface area contributed by atoms with Crippen LogP contribution in [0.4, 0.5) is 0 Å². The number of aromatic nitrogens is 4. The van der Waals surface area contributed by atoms with E-state index in [0.717, 1.165) is 44.8 Å². The summed E-state index contributed by atoms with van der Waals surface area (Å²) in [4.78, 5) is 16.0. The first-order valence-electron chi connectivity index (χ1n) is 10.5. The molecule has 6 rings (SSSR count). The minimum atomic E-state index is -0.942. The van der Waals surface area contributed by atoms with Gasteiger partial charge in [0.1, 0.15) is 0 Å². The molecule has 9 heteroatoms. The van der Waals surface area contributed by atoms with Crippen molar-refractivity contribution in [1.82, 2.24) is 19.9 Å². The lowest BCUT2D eigenvalue weighted by Gasteiger charge is -2.03. The molecule has 0 unspecified atom stereocenters. The Morgan fingerprint density at radius 2 is 0.800 bits per heavy atom. The predicted octanol–water partition coefficient (Wildman–Crippen LogP) is 4.87. The van der Waals surface area contributed by atoms with Crippen molar-refractivity contribution in [3.05, 3.63) is 77.4 Å². The maximum atomic E-state index is 8.75. The molecule has 3 aromatic heterocycles. The Balaban J connectivity index is 0.000000195. The van der Waals surface area contributed by atoms with E-state index < -0.39 is 28.7 Å². The zero-order valence-corrected chi connectivity index (χ0v) is 18.1. The van der Waals surface area contributed by atoms with Crippen molar-refractivity contribution in [2.24, 2.45) is 0 Å². The maximum Gasteiger partial charge on any atom is 0.208 e. The number of nitrogens with one attached hydrogen (secondary N) is 2. The van der Waals surface area contributed by atoms with Crippen molar-refractivity contribution in [2.75, 3.05) is 0 Å². The van der Waals surface area contributed by atoms with E-state index in [2.05, 4.69) is 50.3 Å². The van der Waals surface area contributed by atoms with E-state index in [1.807, 2.05) is 42.5 Å². The topological polar surface area (TPSA) is 159 Å². The van der Waals surface area contributed by atoms with Gasteiger partial charge in [0.15, 0.2) is 11.5 Å². The van der Waals surface area contributed by atoms with Crippen LogP contribution in [-0.4, -0.2) is 45.5 Å². The molecular weight excluding hydrogens is 448 g/mol. The molecule has 4 aromatic rings. The molecule has 35 heavy (non-hydrogen) atoms. The molecule has 5 heterocycles. The number of fused-ring (bicyclic) bond motifs is 8. The summed E-state index contributed by atoms with van der Waals surface area (Å²) in [5, 5.41) is 43.7. The Bertz CT molecular complexity index is 1550. The summed E-state index contributed by atoms with van der Waals surface area (Å²) in [7, 11) is 0. The number of aromatic amines is 2. The average Bonchev–Trinajstić information content (AvgIpc) is 3.63. The van der Waals surface area contributed by atoms with Gasteiger partial charge in [-0.2, -0.15) is 0 Å². The number of aromatic hydroxyl groups is 5. The molecule has 2 aliphatic rings. The van der Waals surface area contributed by atoms with Crippen molar-refractivity contribution >= 4 is 46.4 Å². The Hall–Kier alpha value is -5.18. The van der Waals surface area contributed by atoms with Gasteiger partial charge in [0.25, 0.3) is 0 Å². The van der Waals surface area contributed by atoms with Gasteiger partial charge in [-0.25, -0.2) is 9.97 Å². The number of nitrogens with zero attached hydrogens (tertiary/aromatic N) is 2. The van der Waals surface area contributed by atoms with E-state index in [-0.39, 0.29) is 0 Å². The second-order valence-corrected chi connectivity index (χ2v) is 7.87. The first kappa shape index (κ1) is 21.7. The van der Waals surface area contributed by atoms with Gasteiger partial charge >= 0.3 is 0 Å². The quantitative estimate of drug-likeness (QED) is 0.124. The number of hydrogen-bond donors (Lipinski definition) is 7. The fourth-order valence-corrected chi connectivity index (χ4v) is 3.56. The van der Waals surface area contributed by atoms with Crippen molar-refractivity contribution in [1.29, 1.82) is 0 Å². The molecule has 1 aromatic carbocycles. The summed E-state index contributed by atoms with van der Waals surface area (Å²) in [6, 6.07) is 17.1. The lowest BCUT2D eigenvalue weighted by Crippen LogP contribution is -1.77. The van der Waals surface area contributed by atoms with Crippen molar-refractivity contribution < 1.29 is 25.5 Å². The molecule has 0 aliphatic carbocycles. The van der Waals surface area contributed by atoms with Crippen molar-refractivity contribution in [2.45, 2.75) is 0 Å². The summed E-state index contributed by atoms with van der Waals surface area (Å²) in [6.45, 7) is 0. The highest BCUT2D eigenvalue weighted by molar-refractivity contribution is 5.77. The van der Waals surface area contributed by atoms with Crippen LogP contribution < -0.4 is 0 Å². The molecule has 174 valence electrons. The third-order valence-electron chi connectivity index (χ3n) is 5.25. The molecule has 7 N–H and O–H groups in total. The lowest BCUT2D eigenvalue weighted by atomic mass is 10.2. The molecule has 0 radical (unpaired) electrons. The molecular formula is C26H20N4O5.